The number of anilines is 3. The largest absolute Gasteiger partial charge is 0.492 e. The SMILES string of the molecule is CCOc1ccccc1N1CCN(c2cc(C(=O)O)c3cc(NC(=O)C4CCCC4)ccc3n2)CC1.Cl.Cl.Cl. The number of amides is 1. The molecule has 8 nitrogen and oxygen atoms in total. The molecular formula is C28H35Cl3N4O4. The van der Waals surface area contributed by atoms with E-state index >= 15 is 0 Å². The molecule has 39 heavy (non-hydrogen) atoms. The minimum atomic E-state index is -1.01. The summed E-state index contributed by atoms with van der Waals surface area (Å²) < 4.78 is 5.80. The quantitative estimate of drug-likeness (QED) is 0.342. The highest BCUT2D eigenvalue weighted by atomic mass is 35.5. The van der Waals surface area contributed by atoms with Crippen LogP contribution in [0.2, 0.25) is 0 Å². The van der Waals surface area contributed by atoms with Gasteiger partial charge in [-0.3, -0.25) is 4.79 Å². The van der Waals surface area contributed by atoms with Crippen molar-refractivity contribution in [3.05, 3.63) is 54.1 Å². The van der Waals surface area contributed by atoms with Crippen LogP contribution in [0.1, 0.15) is 43.0 Å². The summed E-state index contributed by atoms with van der Waals surface area (Å²) in [6, 6.07) is 15.0. The van der Waals surface area contributed by atoms with Gasteiger partial charge in [-0.2, -0.15) is 0 Å². The molecular weight excluding hydrogens is 563 g/mol. The number of nitrogens with zero attached hydrogens (tertiary/aromatic N) is 3. The predicted octanol–water partition coefficient (Wildman–Crippen LogP) is 6.05. The number of carboxylic acid groups (broad SMARTS) is 1. The fourth-order valence-corrected chi connectivity index (χ4v) is 5.23. The van der Waals surface area contributed by atoms with Gasteiger partial charge in [0.25, 0.3) is 0 Å². The van der Waals surface area contributed by atoms with Crippen LogP contribution in [0.25, 0.3) is 10.9 Å². The first-order valence-electron chi connectivity index (χ1n) is 12.7. The molecule has 5 rings (SSSR count). The molecule has 212 valence electrons. The van der Waals surface area contributed by atoms with Gasteiger partial charge in [-0.1, -0.05) is 25.0 Å². The van der Waals surface area contributed by atoms with E-state index in [0.717, 1.165) is 50.2 Å². The average molecular weight is 598 g/mol. The van der Waals surface area contributed by atoms with Crippen molar-refractivity contribution in [1.82, 2.24) is 4.98 Å². The Morgan fingerprint density at radius 1 is 0.974 bits per heavy atom. The summed E-state index contributed by atoms with van der Waals surface area (Å²) in [6.45, 7) is 5.58. The predicted molar refractivity (Wildman–Crippen MR) is 163 cm³/mol. The third-order valence-corrected chi connectivity index (χ3v) is 7.13. The Morgan fingerprint density at radius 3 is 2.31 bits per heavy atom. The minimum absolute atomic E-state index is 0. The Balaban J connectivity index is 0.00000178. The molecule has 0 radical (unpaired) electrons. The van der Waals surface area contributed by atoms with Crippen molar-refractivity contribution in [2.75, 3.05) is 47.9 Å². The number of nitrogens with one attached hydrogen (secondary N) is 1. The van der Waals surface area contributed by atoms with E-state index in [0.29, 0.717) is 42.1 Å². The van der Waals surface area contributed by atoms with E-state index in [-0.39, 0.29) is 54.6 Å². The molecule has 11 heteroatoms. The molecule has 1 saturated heterocycles. The lowest BCUT2D eigenvalue weighted by Gasteiger charge is -2.37. The average Bonchev–Trinajstić information content (AvgIpc) is 3.44. The molecule has 1 aliphatic carbocycles. The van der Waals surface area contributed by atoms with Crippen LogP contribution in [0.15, 0.2) is 48.5 Å². The monoisotopic (exact) mass is 596 g/mol. The van der Waals surface area contributed by atoms with Crippen molar-refractivity contribution in [3.63, 3.8) is 0 Å². The summed E-state index contributed by atoms with van der Waals surface area (Å²) in [5.74, 6) is 0.574. The van der Waals surface area contributed by atoms with Gasteiger partial charge < -0.3 is 25.0 Å². The minimum Gasteiger partial charge on any atom is -0.492 e. The summed E-state index contributed by atoms with van der Waals surface area (Å²) in [4.78, 5) is 33.9. The number of piperazine rings is 1. The Morgan fingerprint density at radius 2 is 1.64 bits per heavy atom. The second kappa shape index (κ2) is 14.4. The number of carboxylic acids is 1. The molecule has 0 unspecified atom stereocenters. The second-order valence-corrected chi connectivity index (χ2v) is 9.41. The summed E-state index contributed by atoms with van der Waals surface area (Å²) in [5, 5.41) is 13.5. The first kappa shape index (κ1) is 32.3. The van der Waals surface area contributed by atoms with Crippen LogP contribution in [0.4, 0.5) is 17.2 Å². The summed E-state index contributed by atoms with van der Waals surface area (Å²) in [6.07, 6.45) is 3.99. The van der Waals surface area contributed by atoms with Crippen molar-refractivity contribution in [1.29, 1.82) is 0 Å². The Labute approximate surface area is 247 Å². The molecule has 2 aliphatic rings. The van der Waals surface area contributed by atoms with Gasteiger partial charge in [-0.25, -0.2) is 9.78 Å². The lowest BCUT2D eigenvalue weighted by atomic mass is 10.1. The van der Waals surface area contributed by atoms with E-state index in [1.165, 1.54) is 0 Å². The maximum absolute atomic E-state index is 12.6. The summed E-state index contributed by atoms with van der Waals surface area (Å²) in [5.41, 5.74) is 2.48. The molecule has 1 aromatic heterocycles. The first-order valence-corrected chi connectivity index (χ1v) is 12.7. The van der Waals surface area contributed by atoms with E-state index < -0.39 is 5.97 Å². The molecule has 2 N–H and O–H groups in total. The van der Waals surface area contributed by atoms with Gasteiger partial charge in [0.05, 0.1) is 23.4 Å². The number of hydrogen-bond donors (Lipinski definition) is 2. The third kappa shape index (κ3) is 7.18. The molecule has 0 bridgehead atoms. The van der Waals surface area contributed by atoms with Gasteiger partial charge in [-0.05, 0) is 56.2 Å². The number of aromatic nitrogens is 1. The Hall–Kier alpha value is -2.94. The number of hydrogen-bond acceptors (Lipinski definition) is 6. The number of carbonyl (C=O) groups is 2. The highest BCUT2D eigenvalue weighted by Gasteiger charge is 2.24. The number of fused-ring (bicyclic) bond motifs is 1. The molecule has 3 aromatic rings. The van der Waals surface area contributed by atoms with Gasteiger partial charge in [0, 0.05) is 43.2 Å². The van der Waals surface area contributed by atoms with Crippen LogP contribution in [-0.4, -0.2) is 54.8 Å². The highest BCUT2D eigenvalue weighted by Crippen LogP contribution is 2.31. The second-order valence-electron chi connectivity index (χ2n) is 9.41. The third-order valence-electron chi connectivity index (χ3n) is 7.13. The molecule has 2 aromatic carbocycles. The van der Waals surface area contributed by atoms with Gasteiger partial charge >= 0.3 is 5.97 Å². The van der Waals surface area contributed by atoms with Gasteiger partial charge in [-0.15, -0.1) is 37.2 Å². The van der Waals surface area contributed by atoms with E-state index in [1.807, 2.05) is 25.1 Å². The van der Waals surface area contributed by atoms with Crippen LogP contribution in [-0.2, 0) is 4.79 Å². The lowest BCUT2D eigenvalue weighted by Crippen LogP contribution is -2.47. The number of aromatic carboxylic acids is 1. The van der Waals surface area contributed by atoms with Crippen LogP contribution in [0.5, 0.6) is 5.75 Å². The van der Waals surface area contributed by atoms with Crippen molar-refractivity contribution >= 4 is 77.2 Å². The first-order chi connectivity index (χ1) is 17.5. The molecule has 1 amide bonds. The van der Waals surface area contributed by atoms with E-state index in [2.05, 4.69) is 21.2 Å². The zero-order valence-corrected chi connectivity index (χ0v) is 24.2. The van der Waals surface area contributed by atoms with Crippen molar-refractivity contribution in [2.24, 2.45) is 5.92 Å². The van der Waals surface area contributed by atoms with E-state index in [4.69, 9.17) is 9.72 Å². The zero-order chi connectivity index (χ0) is 25.1. The van der Waals surface area contributed by atoms with E-state index in [9.17, 15) is 14.7 Å². The summed E-state index contributed by atoms with van der Waals surface area (Å²) in [7, 11) is 0. The van der Waals surface area contributed by atoms with Crippen LogP contribution in [0, 0.1) is 5.92 Å². The molecule has 2 fully saturated rings. The maximum atomic E-state index is 12.6. The van der Waals surface area contributed by atoms with Crippen LogP contribution < -0.4 is 19.9 Å². The standard InChI is InChI=1S/C28H32N4O4.3ClH/c1-2-36-25-10-6-5-9-24(25)31-13-15-32(16-14-31)26-18-22(28(34)35)21-17-20(11-12-23(21)30-26)29-27(33)19-7-3-4-8-19;;;/h5-6,9-12,17-19H,2-4,7-8,13-16H2,1H3,(H,29,33)(H,34,35);3*1H. The molecule has 1 saturated carbocycles. The Bertz CT molecular complexity index is 1280. The molecule has 0 spiro atoms. The highest BCUT2D eigenvalue weighted by molar-refractivity contribution is 6.05. The number of para-hydroxylation sites is 2. The van der Waals surface area contributed by atoms with Gasteiger partial charge in [0.15, 0.2) is 0 Å². The fraction of sp³-hybridized carbons (Fsp3) is 0.393. The van der Waals surface area contributed by atoms with Crippen LogP contribution in [0.3, 0.4) is 0 Å². The smallest absolute Gasteiger partial charge is 0.336 e. The van der Waals surface area contributed by atoms with Crippen molar-refractivity contribution in [2.45, 2.75) is 32.6 Å². The van der Waals surface area contributed by atoms with Crippen molar-refractivity contribution in [3.8, 4) is 5.75 Å². The number of ether oxygens (including phenoxy) is 1. The molecule has 2 heterocycles. The number of carbonyl (C=O) groups excluding carboxylic acids is 1. The summed E-state index contributed by atoms with van der Waals surface area (Å²) >= 11 is 0. The van der Waals surface area contributed by atoms with Crippen molar-refractivity contribution < 1.29 is 19.4 Å². The zero-order valence-electron chi connectivity index (χ0n) is 21.8. The number of rotatable bonds is 7. The lowest BCUT2D eigenvalue weighted by molar-refractivity contribution is -0.119. The number of pyridine rings is 1. The fourth-order valence-electron chi connectivity index (χ4n) is 5.23. The Kier molecular flexibility index (Phi) is 12.0. The van der Waals surface area contributed by atoms with E-state index in [1.54, 1.807) is 24.3 Å². The maximum Gasteiger partial charge on any atom is 0.336 e. The van der Waals surface area contributed by atoms with Gasteiger partial charge in [0.2, 0.25) is 5.91 Å². The topological polar surface area (TPSA) is 95.0 Å². The number of halogens is 3. The van der Waals surface area contributed by atoms with Gasteiger partial charge in [0.1, 0.15) is 11.6 Å². The normalized spacial score (nSPS) is 15.1. The van der Waals surface area contributed by atoms with Crippen LogP contribution >= 0.6 is 37.2 Å². The molecule has 1 aliphatic heterocycles. The number of benzene rings is 2. The molecule has 0 atom stereocenters.